The van der Waals surface area contributed by atoms with Crippen LogP contribution < -0.4 is 10.1 Å². The van der Waals surface area contributed by atoms with E-state index in [-0.39, 0.29) is 17.9 Å². The number of methoxy groups -OCH3 is 1. The molecule has 0 aliphatic heterocycles. The van der Waals surface area contributed by atoms with Gasteiger partial charge in [-0.05, 0) is 35.6 Å². The zero-order chi connectivity index (χ0) is 18.4. The molecule has 0 heterocycles. The maximum atomic E-state index is 12.3. The third kappa shape index (κ3) is 5.33. The van der Waals surface area contributed by atoms with E-state index in [1.54, 1.807) is 31.4 Å². The fourth-order valence-electron chi connectivity index (χ4n) is 2.73. The Bertz CT molecular complexity index is 690. The lowest BCUT2D eigenvalue weighted by Gasteiger charge is -2.25. The van der Waals surface area contributed by atoms with E-state index in [0.717, 1.165) is 16.9 Å². The number of hydrogen-bond donors (Lipinski definition) is 2. The highest BCUT2D eigenvalue weighted by molar-refractivity contribution is 5.77. The van der Waals surface area contributed by atoms with E-state index >= 15 is 0 Å². The fourth-order valence-corrected chi connectivity index (χ4v) is 2.73. The van der Waals surface area contributed by atoms with Gasteiger partial charge < -0.3 is 15.2 Å². The van der Waals surface area contributed by atoms with Crippen molar-refractivity contribution >= 4 is 5.91 Å². The lowest BCUT2D eigenvalue weighted by molar-refractivity contribution is -0.122. The first kappa shape index (κ1) is 19.0. The van der Waals surface area contributed by atoms with Gasteiger partial charge in [0.1, 0.15) is 5.75 Å². The van der Waals surface area contributed by atoms with Gasteiger partial charge in [-0.2, -0.15) is 0 Å². The van der Waals surface area contributed by atoms with E-state index in [2.05, 4.69) is 43.4 Å². The van der Waals surface area contributed by atoms with Crippen LogP contribution >= 0.6 is 0 Å². The summed E-state index contributed by atoms with van der Waals surface area (Å²) in [6.45, 7) is 6.34. The predicted octanol–water partition coefficient (Wildman–Crippen LogP) is 3.52. The number of aryl methyl sites for hydroxylation is 1. The van der Waals surface area contributed by atoms with E-state index < -0.39 is 6.10 Å². The molecule has 0 spiro atoms. The third-order valence-electron chi connectivity index (χ3n) is 4.43. The van der Waals surface area contributed by atoms with Crippen molar-refractivity contribution in [3.8, 4) is 5.75 Å². The summed E-state index contributed by atoms with van der Waals surface area (Å²) in [5.41, 5.74) is 2.82. The van der Waals surface area contributed by atoms with Gasteiger partial charge in [0.05, 0.1) is 13.2 Å². The molecule has 0 bridgehead atoms. The van der Waals surface area contributed by atoms with Crippen molar-refractivity contribution in [2.75, 3.05) is 13.7 Å². The van der Waals surface area contributed by atoms with Crippen LogP contribution in [0, 0.1) is 6.92 Å². The van der Waals surface area contributed by atoms with Crippen LogP contribution in [0.15, 0.2) is 48.5 Å². The molecule has 0 aromatic heterocycles. The summed E-state index contributed by atoms with van der Waals surface area (Å²) in [4.78, 5) is 12.3. The van der Waals surface area contributed by atoms with Gasteiger partial charge in [0.2, 0.25) is 5.91 Å². The lowest BCUT2D eigenvalue weighted by atomic mass is 9.81. The highest BCUT2D eigenvalue weighted by atomic mass is 16.5. The molecule has 0 aliphatic carbocycles. The maximum absolute atomic E-state index is 12.3. The van der Waals surface area contributed by atoms with Crippen LogP contribution in [0.25, 0.3) is 0 Å². The topological polar surface area (TPSA) is 58.6 Å². The summed E-state index contributed by atoms with van der Waals surface area (Å²) in [5, 5.41) is 13.0. The van der Waals surface area contributed by atoms with E-state index in [9.17, 15) is 9.90 Å². The Kier molecular flexibility index (Phi) is 6.21. The van der Waals surface area contributed by atoms with Gasteiger partial charge in [-0.3, -0.25) is 4.79 Å². The molecule has 0 aliphatic rings. The molecule has 1 unspecified atom stereocenters. The Labute approximate surface area is 149 Å². The smallest absolute Gasteiger partial charge is 0.220 e. The molecule has 0 saturated carbocycles. The normalized spacial score (nSPS) is 12.5. The Hall–Kier alpha value is -2.33. The number of ether oxygens (including phenoxy) is 1. The molecule has 0 saturated heterocycles. The molecule has 2 aromatic rings. The van der Waals surface area contributed by atoms with Gasteiger partial charge in [0, 0.05) is 13.0 Å². The molecular weight excluding hydrogens is 314 g/mol. The molecule has 4 nitrogen and oxygen atoms in total. The van der Waals surface area contributed by atoms with E-state index in [0.29, 0.717) is 6.42 Å². The zero-order valence-electron chi connectivity index (χ0n) is 15.4. The lowest BCUT2D eigenvalue weighted by Crippen LogP contribution is -2.33. The van der Waals surface area contributed by atoms with Crippen LogP contribution in [0.1, 0.15) is 43.1 Å². The summed E-state index contributed by atoms with van der Waals surface area (Å²) < 4.78 is 5.10. The third-order valence-corrected chi connectivity index (χ3v) is 4.43. The van der Waals surface area contributed by atoms with Gasteiger partial charge >= 0.3 is 0 Å². The highest BCUT2D eigenvalue weighted by Gasteiger charge is 2.24. The summed E-state index contributed by atoms with van der Waals surface area (Å²) in [6, 6.07) is 15.4. The summed E-state index contributed by atoms with van der Waals surface area (Å²) in [6.07, 6.45) is -0.372. The van der Waals surface area contributed by atoms with Gasteiger partial charge in [0.25, 0.3) is 0 Å². The minimum Gasteiger partial charge on any atom is -0.497 e. The molecule has 2 N–H and O–H groups in total. The SMILES string of the molecule is COc1ccc(C(O)CNC(=O)CC(C)(C)c2ccc(C)cc2)cc1. The number of amides is 1. The minimum atomic E-state index is -0.739. The molecule has 0 fully saturated rings. The van der Waals surface area contributed by atoms with E-state index in [1.165, 1.54) is 5.56 Å². The van der Waals surface area contributed by atoms with Crippen LogP contribution in [-0.2, 0) is 10.2 Å². The zero-order valence-corrected chi connectivity index (χ0v) is 15.4. The van der Waals surface area contributed by atoms with Crippen molar-refractivity contribution in [3.05, 3.63) is 65.2 Å². The predicted molar refractivity (Wildman–Crippen MR) is 99.8 cm³/mol. The monoisotopic (exact) mass is 341 g/mol. The average molecular weight is 341 g/mol. The average Bonchev–Trinajstić information content (AvgIpc) is 2.59. The first-order chi connectivity index (χ1) is 11.8. The number of carbonyl (C=O) groups is 1. The molecule has 4 heteroatoms. The first-order valence-electron chi connectivity index (χ1n) is 8.48. The van der Waals surface area contributed by atoms with Gasteiger partial charge in [0.15, 0.2) is 0 Å². The summed E-state index contributed by atoms with van der Waals surface area (Å²) in [5.74, 6) is 0.665. The highest BCUT2D eigenvalue weighted by Crippen LogP contribution is 2.27. The van der Waals surface area contributed by atoms with Crippen molar-refractivity contribution < 1.29 is 14.6 Å². The Morgan fingerprint density at radius 2 is 1.72 bits per heavy atom. The van der Waals surface area contributed by atoms with Crippen molar-refractivity contribution in [2.45, 2.75) is 38.7 Å². The molecule has 1 amide bonds. The second-order valence-corrected chi connectivity index (χ2v) is 7.02. The number of carbonyl (C=O) groups excluding carboxylic acids is 1. The van der Waals surface area contributed by atoms with Crippen LogP contribution in [-0.4, -0.2) is 24.7 Å². The maximum Gasteiger partial charge on any atom is 0.220 e. The number of rotatable bonds is 7. The number of hydrogen-bond acceptors (Lipinski definition) is 3. The van der Waals surface area contributed by atoms with Crippen LogP contribution in [0.5, 0.6) is 5.75 Å². The number of aliphatic hydroxyl groups is 1. The summed E-state index contributed by atoms with van der Waals surface area (Å²) in [7, 11) is 1.60. The molecule has 0 radical (unpaired) electrons. The van der Waals surface area contributed by atoms with Crippen LogP contribution in [0.2, 0.25) is 0 Å². The van der Waals surface area contributed by atoms with E-state index in [1.807, 2.05) is 6.92 Å². The number of nitrogens with one attached hydrogen (secondary N) is 1. The second kappa shape index (κ2) is 8.17. The Morgan fingerprint density at radius 3 is 2.28 bits per heavy atom. The first-order valence-corrected chi connectivity index (χ1v) is 8.48. The van der Waals surface area contributed by atoms with Crippen molar-refractivity contribution in [3.63, 3.8) is 0 Å². The number of benzene rings is 2. The van der Waals surface area contributed by atoms with Gasteiger partial charge in [-0.1, -0.05) is 55.8 Å². The molecule has 1 atom stereocenters. The largest absolute Gasteiger partial charge is 0.497 e. The van der Waals surface area contributed by atoms with Crippen LogP contribution in [0.3, 0.4) is 0 Å². The minimum absolute atomic E-state index is 0.0712. The standard InChI is InChI=1S/C21H27NO3/c1-15-5-9-17(10-6-15)21(2,3)13-20(24)22-14-19(23)16-7-11-18(25-4)12-8-16/h5-12,19,23H,13-14H2,1-4H3,(H,22,24). The van der Waals surface area contributed by atoms with Crippen LogP contribution in [0.4, 0.5) is 0 Å². The van der Waals surface area contributed by atoms with Crippen molar-refractivity contribution in [1.29, 1.82) is 0 Å². The Balaban J connectivity index is 1.89. The molecule has 25 heavy (non-hydrogen) atoms. The van der Waals surface area contributed by atoms with Gasteiger partial charge in [-0.25, -0.2) is 0 Å². The second-order valence-electron chi connectivity index (χ2n) is 7.02. The molecular formula is C21H27NO3. The van der Waals surface area contributed by atoms with Crippen molar-refractivity contribution in [2.24, 2.45) is 0 Å². The fraction of sp³-hybridized carbons (Fsp3) is 0.381. The molecule has 2 aromatic carbocycles. The summed E-state index contributed by atoms with van der Waals surface area (Å²) >= 11 is 0. The molecule has 134 valence electrons. The number of aliphatic hydroxyl groups excluding tert-OH is 1. The van der Waals surface area contributed by atoms with E-state index in [4.69, 9.17) is 4.74 Å². The van der Waals surface area contributed by atoms with Crippen molar-refractivity contribution in [1.82, 2.24) is 5.32 Å². The molecule has 2 rings (SSSR count). The quantitative estimate of drug-likeness (QED) is 0.810. The Morgan fingerprint density at radius 1 is 1.12 bits per heavy atom. The van der Waals surface area contributed by atoms with Gasteiger partial charge in [-0.15, -0.1) is 0 Å².